The zero-order valence-corrected chi connectivity index (χ0v) is 8.83. The highest BCUT2D eigenvalue weighted by molar-refractivity contribution is 4.86. The van der Waals surface area contributed by atoms with Crippen molar-refractivity contribution in [1.82, 2.24) is 5.32 Å². The average molecular weight is 203 g/mol. The number of aliphatic hydroxyl groups excluding tert-OH is 2. The van der Waals surface area contributed by atoms with E-state index in [-0.39, 0.29) is 13.2 Å². The van der Waals surface area contributed by atoms with Gasteiger partial charge in [-0.25, -0.2) is 0 Å². The van der Waals surface area contributed by atoms with E-state index in [1.165, 1.54) is 0 Å². The average Bonchev–Trinajstić information content (AvgIpc) is 2.46. The van der Waals surface area contributed by atoms with Crippen LogP contribution in [0.5, 0.6) is 0 Å². The maximum absolute atomic E-state index is 9.13. The fourth-order valence-electron chi connectivity index (χ4n) is 1.68. The van der Waals surface area contributed by atoms with E-state index in [1.54, 1.807) is 0 Å². The molecule has 4 heteroatoms. The monoisotopic (exact) mass is 203 g/mol. The lowest BCUT2D eigenvalue weighted by Gasteiger charge is -2.31. The summed E-state index contributed by atoms with van der Waals surface area (Å²) in [4.78, 5) is 0. The quantitative estimate of drug-likeness (QED) is 0.596. The molecule has 0 saturated carbocycles. The van der Waals surface area contributed by atoms with E-state index in [4.69, 9.17) is 14.9 Å². The van der Waals surface area contributed by atoms with Crippen molar-refractivity contribution < 1.29 is 14.9 Å². The lowest BCUT2D eigenvalue weighted by Crippen LogP contribution is -2.53. The molecule has 0 radical (unpaired) electrons. The molecule has 0 aromatic carbocycles. The number of hydrogen-bond donors (Lipinski definition) is 3. The maximum Gasteiger partial charge on any atom is 0.0633 e. The van der Waals surface area contributed by atoms with Crippen molar-refractivity contribution in [2.45, 2.75) is 37.8 Å². The van der Waals surface area contributed by atoms with Crippen LogP contribution >= 0.6 is 0 Å². The number of nitrogens with one attached hydrogen (secondary N) is 1. The van der Waals surface area contributed by atoms with Gasteiger partial charge in [0.15, 0.2) is 0 Å². The van der Waals surface area contributed by atoms with Gasteiger partial charge < -0.3 is 20.3 Å². The van der Waals surface area contributed by atoms with Crippen LogP contribution in [0.25, 0.3) is 0 Å². The molecular formula is C10H21NO3. The Bertz CT molecular complexity index is 151. The first-order valence-corrected chi connectivity index (χ1v) is 5.27. The van der Waals surface area contributed by atoms with Gasteiger partial charge in [0, 0.05) is 19.3 Å². The van der Waals surface area contributed by atoms with Gasteiger partial charge in [-0.3, -0.25) is 0 Å². The predicted molar refractivity (Wildman–Crippen MR) is 54.2 cm³/mol. The van der Waals surface area contributed by atoms with Crippen molar-refractivity contribution >= 4 is 0 Å². The van der Waals surface area contributed by atoms with Crippen molar-refractivity contribution in [1.29, 1.82) is 0 Å². The first kappa shape index (κ1) is 11.9. The van der Waals surface area contributed by atoms with Crippen molar-refractivity contribution in [3.05, 3.63) is 0 Å². The molecule has 0 bridgehead atoms. The summed E-state index contributed by atoms with van der Waals surface area (Å²) in [5, 5.41) is 21.6. The fraction of sp³-hybridized carbons (Fsp3) is 1.00. The Labute approximate surface area is 85.3 Å². The van der Waals surface area contributed by atoms with E-state index >= 15 is 0 Å². The minimum atomic E-state index is -0.561. The summed E-state index contributed by atoms with van der Waals surface area (Å²) >= 11 is 0. The molecule has 84 valence electrons. The molecule has 0 aromatic heterocycles. The van der Waals surface area contributed by atoms with Gasteiger partial charge in [-0.1, -0.05) is 0 Å². The molecule has 0 aliphatic carbocycles. The molecule has 1 unspecified atom stereocenters. The first-order chi connectivity index (χ1) is 6.70. The van der Waals surface area contributed by atoms with E-state index in [1.807, 2.05) is 6.92 Å². The van der Waals surface area contributed by atoms with Gasteiger partial charge >= 0.3 is 0 Å². The number of rotatable bonds is 4. The van der Waals surface area contributed by atoms with Crippen LogP contribution in [0.15, 0.2) is 0 Å². The lowest BCUT2D eigenvalue weighted by molar-refractivity contribution is 0.0892. The third-order valence-corrected chi connectivity index (χ3v) is 2.70. The molecular weight excluding hydrogens is 182 g/mol. The summed E-state index contributed by atoms with van der Waals surface area (Å²) in [6, 6.07) is 0.349. The van der Waals surface area contributed by atoms with E-state index in [0.29, 0.717) is 6.04 Å². The second-order valence-electron chi connectivity index (χ2n) is 4.26. The van der Waals surface area contributed by atoms with Crippen LogP contribution in [0.1, 0.15) is 26.2 Å². The SMILES string of the molecule is CC(CO)(CO)NC1CCCOCC1. The second kappa shape index (κ2) is 5.66. The molecule has 3 N–H and O–H groups in total. The maximum atomic E-state index is 9.13. The Morgan fingerprint density at radius 2 is 2.00 bits per heavy atom. The Balaban J connectivity index is 2.39. The van der Waals surface area contributed by atoms with Crippen LogP contribution in [0, 0.1) is 0 Å². The molecule has 0 amide bonds. The highest BCUT2D eigenvalue weighted by atomic mass is 16.5. The van der Waals surface area contributed by atoms with E-state index in [9.17, 15) is 0 Å². The zero-order chi connectivity index (χ0) is 10.4. The molecule has 1 rings (SSSR count). The van der Waals surface area contributed by atoms with E-state index < -0.39 is 5.54 Å². The van der Waals surface area contributed by atoms with Crippen LogP contribution in [0.3, 0.4) is 0 Å². The van der Waals surface area contributed by atoms with Crippen LogP contribution in [0.4, 0.5) is 0 Å². The number of aliphatic hydroxyl groups is 2. The Morgan fingerprint density at radius 1 is 1.29 bits per heavy atom. The summed E-state index contributed by atoms with van der Waals surface area (Å²) in [5.41, 5.74) is -0.561. The topological polar surface area (TPSA) is 61.7 Å². The van der Waals surface area contributed by atoms with Crippen LogP contribution in [-0.4, -0.2) is 48.2 Å². The van der Waals surface area contributed by atoms with Gasteiger partial charge in [-0.2, -0.15) is 0 Å². The largest absolute Gasteiger partial charge is 0.394 e. The normalized spacial score (nSPS) is 24.6. The van der Waals surface area contributed by atoms with Crippen molar-refractivity contribution in [2.24, 2.45) is 0 Å². The fourth-order valence-corrected chi connectivity index (χ4v) is 1.68. The van der Waals surface area contributed by atoms with Gasteiger partial charge in [0.25, 0.3) is 0 Å². The van der Waals surface area contributed by atoms with E-state index in [2.05, 4.69) is 5.32 Å². The summed E-state index contributed by atoms with van der Waals surface area (Å²) in [6.45, 7) is 3.35. The molecule has 0 aromatic rings. The standard InChI is InChI=1S/C10H21NO3/c1-10(7-12,8-13)11-9-3-2-5-14-6-4-9/h9,11-13H,2-8H2,1H3. The van der Waals surface area contributed by atoms with Gasteiger partial charge in [0.05, 0.1) is 18.8 Å². The number of ether oxygens (including phenoxy) is 1. The minimum Gasteiger partial charge on any atom is -0.394 e. The Hall–Kier alpha value is -0.160. The van der Waals surface area contributed by atoms with Crippen molar-refractivity contribution in [3.63, 3.8) is 0 Å². The molecule has 4 nitrogen and oxygen atoms in total. The third kappa shape index (κ3) is 3.53. The minimum absolute atomic E-state index is 0.0408. The molecule has 14 heavy (non-hydrogen) atoms. The van der Waals surface area contributed by atoms with Gasteiger partial charge in [0.1, 0.15) is 0 Å². The molecule has 1 atom stereocenters. The van der Waals surface area contributed by atoms with Gasteiger partial charge in [-0.05, 0) is 26.2 Å². The Morgan fingerprint density at radius 3 is 2.64 bits per heavy atom. The molecule has 1 aliphatic rings. The number of hydrogen-bond acceptors (Lipinski definition) is 4. The Kier molecular flexibility index (Phi) is 4.81. The third-order valence-electron chi connectivity index (χ3n) is 2.70. The molecule has 1 aliphatic heterocycles. The van der Waals surface area contributed by atoms with Gasteiger partial charge in [0.2, 0.25) is 0 Å². The van der Waals surface area contributed by atoms with Crippen molar-refractivity contribution in [3.8, 4) is 0 Å². The van der Waals surface area contributed by atoms with Crippen LogP contribution < -0.4 is 5.32 Å². The first-order valence-electron chi connectivity index (χ1n) is 5.27. The molecule has 1 saturated heterocycles. The summed E-state index contributed by atoms with van der Waals surface area (Å²) < 4.78 is 5.34. The zero-order valence-electron chi connectivity index (χ0n) is 8.83. The smallest absolute Gasteiger partial charge is 0.0633 e. The van der Waals surface area contributed by atoms with Gasteiger partial charge in [-0.15, -0.1) is 0 Å². The highest BCUT2D eigenvalue weighted by Gasteiger charge is 2.26. The molecule has 0 spiro atoms. The lowest BCUT2D eigenvalue weighted by atomic mass is 10.0. The summed E-state index contributed by atoms with van der Waals surface area (Å²) in [6.07, 6.45) is 3.05. The summed E-state index contributed by atoms with van der Waals surface area (Å²) in [7, 11) is 0. The highest BCUT2D eigenvalue weighted by Crippen LogP contribution is 2.12. The molecule has 1 heterocycles. The van der Waals surface area contributed by atoms with Crippen LogP contribution in [-0.2, 0) is 4.74 Å². The summed E-state index contributed by atoms with van der Waals surface area (Å²) in [5.74, 6) is 0. The predicted octanol–water partition coefficient (Wildman–Crippen LogP) is -0.112. The van der Waals surface area contributed by atoms with Crippen molar-refractivity contribution in [2.75, 3.05) is 26.4 Å². The van der Waals surface area contributed by atoms with E-state index in [0.717, 1.165) is 32.5 Å². The second-order valence-corrected chi connectivity index (χ2v) is 4.26. The van der Waals surface area contributed by atoms with Crippen LogP contribution in [0.2, 0.25) is 0 Å². The molecule has 1 fully saturated rings.